The van der Waals surface area contributed by atoms with Gasteiger partial charge < -0.3 is 0 Å². The SMILES string of the molecule is Cc1ccc2c(-c3cc4ccccc4c(C)c3C)[n+](C)ccc2c1. The number of hydrogen-bond acceptors (Lipinski definition) is 0. The molecule has 0 unspecified atom stereocenters. The average molecular weight is 312 g/mol. The molecular weight excluding hydrogens is 290 g/mol. The predicted molar refractivity (Wildman–Crippen MR) is 102 cm³/mol. The third-order valence-electron chi connectivity index (χ3n) is 5.18. The molecule has 1 aromatic heterocycles. The van der Waals surface area contributed by atoms with Crippen LogP contribution in [0.5, 0.6) is 0 Å². The van der Waals surface area contributed by atoms with E-state index in [4.69, 9.17) is 0 Å². The molecule has 24 heavy (non-hydrogen) atoms. The predicted octanol–water partition coefficient (Wildman–Crippen LogP) is 5.41. The Labute approximate surface area is 143 Å². The van der Waals surface area contributed by atoms with Crippen LogP contribution in [0.25, 0.3) is 32.8 Å². The summed E-state index contributed by atoms with van der Waals surface area (Å²) >= 11 is 0. The minimum absolute atomic E-state index is 1.29. The molecular formula is C23H22N+. The summed E-state index contributed by atoms with van der Waals surface area (Å²) in [7, 11) is 2.14. The van der Waals surface area contributed by atoms with Crippen LogP contribution in [0.3, 0.4) is 0 Å². The van der Waals surface area contributed by atoms with E-state index in [2.05, 4.69) is 93.2 Å². The molecule has 0 saturated heterocycles. The van der Waals surface area contributed by atoms with Gasteiger partial charge in [0.2, 0.25) is 5.69 Å². The molecule has 0 bridgehead atoms. The summed E-state index contributed by atoms with van der Waals surface area (Å²) < 4.78 is 2.24. The van der Waals surface area contributed by atoms with E-state index >= 15 is 0 Å². The third-order valence-corrected chi connectivity index (χ3v) is 5.18. The van der Waals surface area contributed by atoms with Crippen LogP contribution in [0, 0.1) is 20.8 Å². The van der Waals surface area contributed by atoms with Gasteiger partial charge in [0.1, 0.15) is 7.05 Å². The van der Waals surface area contributed by atoms with Crippen molar-refractivity contribution >= 4 is 21.5 Å². The molecule has 4 rings (SSSR count). The van der Waals surface area contributed by atoms with Gasteiger partial charge in [-0.1, -0.05) is 42.0 Å². The van der Waals surface area contributed by atoms with Gasteiger partial charge in [0.15, 0.2) is 6.20 Å². The summed E-state index contributed by atoms with van der Waals surface area (Å²) in [5.41, 5.74) is 6.64. The number of nitrogens with zero attached hydrogens (tertiary/aromatic N) is 1. The molecule has 0 saturated carbocycles. The molecule has 4 aromatic rings. The topological polar surface area (TPSA) is 3.88 Å². The van der Waals surface area contributed by atoms with Crippen molar-refractivity contribution < 1.29 is 4.57 Å². The van der Waals surface area contributed by atoms with E-state index in [1.807, 2.05) is 0 Å². The fourth-order valence-electron chi connectivity index (χ4n) is 3.71. The first kappa shape index (κ1) is 14.9. The molecule has 0 atom stereocenters. The molecule has 1 heteroatoms. The second-order valence-electron chi connectivity index (χ2n) is 6.76. The van der Waals surface area contributed by atoms with Gasteiger partial charge in [-0.05, 0) is 60.2 Å². The molecule has 0 fully saturated rings. The Morgan fingerprint density at radius 2 is 1.46 bits per heavy atom. The maximum absolute atomic E-state index is 2.34. The van der Waals surface area contributed by atoms with E-state index in [1.165, 1.54) is 49.5 Å². The Hall–Kier alpha value is -2.67. The summed E-state index contributed by atoms with van der Waals surface area (Å²) in [5.74, 6) is 0. The number of benzene rings is 3. The Kier molecular flexibility index (Phi) is 3.38. The molecule has 0 amide bonds. The largest absolute Gasteiger partial charge is 0.220 e. The average Bonchev–Trinajstić information content (AvgIpc) is 2.59. The van der Waals surface area contributed by atoms with Crippen LogP contribution >= 0.6 is 0 Å². The molecule has 118 valence electrons. The van der Waals surface area contributed by atoms with E-state index in [0.717, 1.165) is 0 Å². The first-order chi connectivity index (χ1) is 11.6. The first-order valence-corrected chi connectivity index (χ1v) is 8.44. The molecule has 0 radical (unpaired) electrons. The highest BCUT2D eigenvalue weighted by Gasteiger charge is 2.19. The fraction of sp³-hybridized carbons (Fsp3) is 0.174. The van der Waals surface area contributed by atoms with E-state index in [1.54, 1.807) is 0 Å². The highest BCUT2D eigenvalue weighted by atomic mass is 14.9. The summed E-state index contributed by atoms with van der Waals surface area (Å²) in [4.78, 5) is 0. The summed E-state index contributed by atoms with van der Waals surface area (Å²) in [6.45, 7) is 6.62. The van der Waals surface area contributed by atoms with Gasteiger partial charge in [0.05, 0.1) is 10.9 Å². The Morgan fingerprint density at radius 3 is 2.29 bits per heavy atom. The molecule has 1 heterocycles. The van der Waals surface area contributed by atoms with Crippen molar-refractivity contribution in [1.29, 1.82) is 0 Å². The van der Waals surface area contributed by atoms with Gasteiger partial charge in [-0.2, -0.15) is 0 Å². The van der Waals surface area contributed by atoms with Crippen LogP contribution in [0.2, 0.25) is 0 Å². The van der Waals surface area contributed by atoms with E-state index in [-0.39, 0.29) is 0 Å². The van der Waals surface area contributed by atoms with E-state index in [0.29, 0.717) is 0 Å². The van der Waals surface area contributed by atoms with Gasteiger partial charge >= 0.3 is 0 Å². The smallest absolute Gasteiger partial charge is 0.200 e. The maximum Gasteiger partial charge on any atom is 0.220 e. The van der Waals surface area contributed by atoms with Crippen molar-refractivity contribution in [2.24, 2.45) is 7.05 Å². The standard InChI is InChI=1S/C23H22N/c1-15-9-10-21-19(13-15)11-12-24(4)23(21)22-14-18-7-5-6-8-20(18)16(2)17(22)3/h5-14H,1-4H3/q+1. The van der Waals surface area contributed by atoms with Crippen molar-refractivity contribution in [2.45, 2.75) is 20.8 Å². The number of fused-ring (bicyclic) bond motifs is 2. The van der Waals surface area contributed by atoms with Gasteiger partial charge in [-0.3, -0.25) is 0 Å². The zero-order valence-corrected chi connectivity index (χ0v) is 14.7. The first-order valence-electron chi connectivity index (χ1n) is 8.44. The Bertz CT molecular complexity index is 1090. The fourth-order valence-corrected chi connectivity index (χ4v) is 3.71. The van der Waals surface area contributed by atoms with Crippen molar-refractivity contribution in [3.8, 4) is 11.3 Å². The van der Waals surface area contributed by atoms with Crippen LogP contribution in [0.4, 0.5) is 0 Å². The van der Waals surface area contributed by atoms with E-state index in [9.17, 15) is 0 Å². The molecule has 0 aliphatic carbocycles. The lowest BCUT2D eigenvalue weighted by molar-refractivity contribution is -0.659. The quantitative estimate of drug-likeness (QED) is 0.414. The van der Waals surface area contributed by atoms with Crippen LogP contribution in [0.15, 0.2) is 60.8 Å². The lowest BCUT2D eigenvalue weighted by Crippen LogP contribution is -2.30. The minimum atomic E-state index is 1.29. The van der Waals surface area contributed by atoms with Gasteiger partial charge in [-0.15, -0.1) is 0 Å². The molecule has 0 spiro atoms. The summed E-state index contributed by atoms with van der Waals surface area (Å²) in [6, 6.07) is 19.9. The van der Waals surface area contributed by atoms with Gasteiger partial charge in [0, 0.05) is 6.07 Å². The van der Waals surface area contributed by atoms with E-state index < -0.39 is 0 Å². The van der Waals surface area contributed by atoms with Crippen LogP contribution in [-0.4, -0.2) is 0 Å². The van der Waals surface area contributed by atoms with Crippen molar-refractivity contribution in [1.82, 2.24) is 0 Å². The van der Waals surface area contributed by atoms with Crippen molar-refractivity contribution in [3.05, 3.63) is 77.5 Å². The number of rotatable bonds is 1. The van der Waals surface area contributed by atoms with Crippen LogP contribution < -0.4 is 4.57 Å². The zero-order valence-electron chi connectivity index (χ0n) is 14.7. The summed E-state index contributed by atoms with van der Waals surface area (Å²) in [5, 5.41) is 5.26. The monoisotopic (exact) mass is 312 g/mol. The van der Waals surface area contributed by atoms with Crippen LogP contribution in [-0.2, 0) is 7.05 Å². The number of aromatic nitrogens is 1. The summed E-state index contributed by atoms with van der Waals surface area (Å²) in [6.07, 6.45) is 2.17. The second-order valence-corrected chi connectivity index (χ2v) is 6.76. The molecule has 0 aliphatic rings. The Balaban J connectivity index is 2.13. The number of hydrogen-bond donors (Lipinski definition) is 0. The molecule has 0 N–H and O–H groups in total. The maximum atomic E-state index is 2.34. The third kappa shape index (κ3) is 2.20. The molecule has 0 aliphatic heterocycles. The highest BCUT2D eigenvalue weighted by molar-refractivity contribution is 5.98. The Morgan fingerprint density at radius 1 is 0.708 bits per heavy atom. The molecule has 3 aromatic carbocycles. The van der Waals surface area contributed by atoms with Crippen molar-refractivity contribution in [3.63, 3.8) is 0 Å². The normalized spacial score (nSPS) is 11.3. The highest BCUT2D eigenvalue weighted by Crippen LogP contribution is 2.33. The van der Waals surface area contributed by atoms with Gasteiger partial charge in [-0.25, -0.2) is 4.57 Å². The van der Waals surface area contributed by atoms with Crippen molar-refractivity contribution in [2.75, 3.05) is 0 Å². The lowest BCUT2D eigenvalue weighted by Gasteiger charge is -2.13. The number of pyridine rings is 1. The molecule has 1 nitrogen and oxygen atoms in total. The lowest BCUT2D eigenvalue weighted by atomic mass is 9.92. The number of aryl methyl sites for hydroxylation is 3. The van der Waals surface area contributed by atoms with Crippen LogP contribution in [0.1, 0.15) is 16.7 Å². The minimum Gasteiger partial charge on any atom is -0.200 e. The zero-order chi connectivity index (χ0) is 16.8. The second kappa shape index (κ2) is 5.45. The van der Waals surface area contributed by atoms with Gasteiger partial charge in [0.25, 0.3) is 0 Å².